The molecule has 3 aromatic rings. The Morgan fingerprint density at radius 1 is 1.32 bits per heavy atom. The SMILES string of the molecule is Cc1cnn(Cc2ccc(Cl)c3cccnc23)c1N. The van der Waals surface area contributed by atoms with Crippen molar-refractivity contribution in [2.45, 2.75) is 13.5 Å². The number of hydrogen-bond acceptors (Lipinski definition) is 3. The molecular weight excluding hydrogens is 260 g/mol. The highest BCUT2D eigenvalue weighted by molar-refractivity contribution is 6.35. The number of anilines is 1. The fraction of sp³-hybridized carbons (Fsp3) is 0.143. The average Bonchev–Trinajstić information content (AvgIpc) is 2.74. The van der Waals surface area contributed by atoms with Crippen molar-refractivity contribution in [3.8, 4) is 0 Å². The molecule has 5 heteroatoms. The molecule has 0 atom stereocenters. The number of benzene rings is 1. The topological polar surface area (TPSA) is 56.7 Å². The lowest BCUT2D eigenvalue weighted by Gasteiger charge is -2.08. The molecule has 3 rings (SSSR count). The van der Waals surface area contributed by atoms with Crippen LogP contribution in [0.1, 0.15) is 11.1 Å². The van der Waals surface area contributed by atoms with Crippen LogP contribution in [0.2, 0.25) is 5.02 Å². The summed E-state index contributed by atoms with van der Waals surface area (Å²) in [6.07, 6.45) is 3.53. The summed E-state index contributed by atoms with van der Waals surface area (Å²) >= 11 is 6.18. The van der Waals surface area contributed by atoms with E-state index >= 15 is 0 Å². The molecule has 0 aliphatic carbocycles. The van der Waals surface area contributed by atoms with Gasteiger partial charge in [0.2, 0.25) is 0 Å². The lowest BCUT2D eigenvalue weighted by molar-refractivity contribution is 0.699. The van der Waals surface area contributed by atoms with E-state index in [1.165, 1.54) is 0 Å². The van der Waals surface area contributed by atoms with Crippen LogP contribution < -0.4 is 5.73 Å². The van der Waals surface area contributed by atoms with Crippen molar-refractivity contribution < 1.29 is 0 Å². The van der Waals surface area contributed by atoms with Gasteiger partial charge in [0.25, 0.3) is 0 Å². The van der Waals surface area contributed by atoms with Crippen molar-refractivity contribution in [1.82, 2.24) is 14.8 Å². The summed E-state index contributed by atoms with van der Waals surface area (Å²) in [5.41, 5.74) is 8.90. The third-order valence-electron chi connectivity index (χ3n) is 3.19. The van der Waals surface area contributed by atoms with Gasteiger partial charge in [-0.25, -0.2) is 4.68 Å². The van der Waals surface area contributed by atoms with Gasteiger partial charge in [-0.05, 0) is 25.1 Å². The van der Waals surface area contributed by atoms with E-state index in [9.17, 15) is 0 Å². The Balaban J connectivity index is 2.11. The number of hydrogen-bond donors (Lipinski definition) is 1. The van der Waals surface area contributed by atoms with Gasteiger partial charge in [-0.3, -0.25) is 4.98 Å². The number of nitrogens with two attached hydrogens (primary N) is 1. The first-order valence-corrected chi connectivity index (χ1v) is 6.34. The first-order chi connectivity index (χ1) is 9.16. The Hall–Kier alpha value is -2.07. The Labute approximate surface area is 115 Å². The summed E-state index contributed by atoms with van der Waals surface area (Å²) in [5.74, 6) is 0.680. The maximum Gasteiger partial charge on any atom is 0.124 e. The Bertz CT molecular complexity index is 748. The van der Waals surface area contributed by atoms with E-state index in [2.05, 4.69) is 10.1 Å². The smallest absolute Gasteiger partial charge is 0.124 e. The quantitative estimate of drug-likeness (QED) is 0.780. The van der Waals surface area contributed by atoms with Crippen LogP contribution in [0.5, 0.6) is 0 Å². The fourth-order valence-electron chi connectivity index (χ4n) is 2.10. The second kappa shape index (κ2) is 4.55. The Morgan fingerprint density at radius 3 is 2.89 bits per heavy atom. The molecule has 96 valence electrons. The molecule has 0 bridgehead atoms. The summed E-state index contributed by atoms with van der Waals surface area (Å²) in [4.78, 5) is 4.41. The number of halogens is 1. The fourth-order valence-corrected chi connectivity index (χ4v) is 2.32. The molecule has 0 spiro atoms. The predicted octanol–water partition coefficient (Wildman–Crippen LogP) is 3.02. The van der Waals surface area contributed by atoms with Gasteiger partial charge in [-0.15, -0.1) is 0 Å². The molecule has 0 unspecified atom stereocenters. The zero-order valence-electron chi connectivity index (χ0n) is 10.5. The first-order valence-electron chi connectivity index (χ1n) is 5.97. The molecule has 0 amide bonds. The number of rotatable bonds is 2. The van der Waals surface area contributed by atoms with Crippen LogP contribution in [-0.4, -0.2) is 14.8 Å². The number of aryl methyl sites for hydroxylation is 1. The second-order valence-corrected chi connectivity index (χ2v) is 4.88. The van der Waals surface area contributed by atoms with Crippen LogP contribution in [0.4, 0.5) is 5.82 Å². The number of fused-ring (bicyclic) bond motifs is 1. The van der Waals surface area contributed by atoms with E-state index in [4.69, 9.17) is 17.3 Å². The van der Waals surface area contributed by atoms with Crippen LogP contribution in [0.15, 0.2) is 36.7 Å². The lowest BCUT2D eigenvalue weighted by Crippen LogP contribution is -2.07. The van der Waals surface area contributed by atoms with Crippen molar-refractivity contribution in [1.29, 1.82) is 0 Å². The molecular formula is C14H13ClN4. The summed E-state index contributed by atoms with van der Waals surface area (Å²) < 4.78 is 1.77. The van der Waals surface area contributed by atoms with Crippen molar-refractivity contribution in [3.05, 3.63) is 52.8 Å². The van der Waals surface area contributed by atoms with Crippen LogP contribution in [0.25, 0.3) is 10.9 Å². The van der Waals surface area contributed by atoms with Gasteiger partial charge < -0.3 is 5.73 Å². The van der Waals surface area contributed by atoms with E-state index in [0.29, 0.717) is 17.4 Å². The molecule has 2 aromatic heterocycles. The highest BCUT2D eigenvalue weighted by Gasteiger charge is 2.09. The molecule has 0 aliphatic heterocycles. The van der Waals surface area contributed by atoms with Crippen molar-refractivity contribution in [3.63, 3.8) is 0 Å². The van der Waals surface area contributed by atoms with Gasteiger partial charge in [0, 0.05) is 27.7 Å². The van der Waals surface area contributed by atoms with E-state index in [1.54, 1.807) is 17.1 Å². The van der Waals surface area contributed by atoms with Crippen LogP contribution >= 0.6 is 11.6 Å². The van der Waals surface area contributed by atoms with E-state index in [0.717, 1.165) is 22.0 Å². The highest BCUT2D eigenvalue weighted by atomic mass is 35.5. The maximum atomic E-state index is 6.18. The molecule has 0 fully saturated rings. The monoisotopic (exact) mass is 272 g/mol. The summed E-state index contributed by atoms with van der Waals surface area (Å²) in [6, 6.07) is 7.69. The number of nitrogen functional groups attached to an aromatic ring is 1. The number of pyridine rings is 1. The predicted molar refractivity (Wildman–Crippen MR) is 77.2 cm³/mol. The Morgan fingerprint density at radius 2 is 2.16 bits per heavy atom. The third kappa shape index (κ3) is 2.04. The second-order valence-electron chi connectivity index (χ2n) is 4.48. The normalized spacial score (nSPS) is 11.1. The first kappa shape index (κ1) is 12.0. The minimum Gasteiger partial charge on any atom is -0.384 e. The summed E-state index contributed by atoms with van der Waals surface area (Å²) in [7, 11) is 0. The minimum atomic E-state index is 0.588. The molecule has 4 nitrogen and oxygen atoms in total. The lowest BCUT2D eigenvalue weighted by atomic mass is 10.1. The molecule has 19 heavy (non-hydrogen) atoms. The van der Waals surface area contributed by atoms with Crippen LogP contribution in [0.3, 0.4) is 0 Å². The average molecular weight is 273 g/mol. The van der Waals surface area contributed by atoms with Crippen molar-refractivity contribution >= 4 is 28.3 Å². The van der Waals surface area contributed by atoms with Crippen LogP contribution in [0, 0.1) is 6.92 Å². The largest absolute Gasteiger partial charge is 0.384 e. The third-order valence-corrected chi connectivity index (χ3v) is 3.52. The summed E-state index contributed by atoms with van der Waals surface area (Å²) in [5, 5.41) is 5.92. The zero-order valence-corrected chi connectivity index (χ0v) is 11.2. The molecule has 0 saturated carbocycles. The molecule has 1 aromatic carbocycles. The number of nitrogens with zero attached hydrogens (tertiary/aromatic N) is 3. The van der Waals surface area contributed by atoms with Gasteiger partial charge in [-0.2, -0.15) is 5.10 Å². The molecule has 2 N–H and O–H groups in total. The molecule has 0 aliphatic rings. The van der Waals surface area contributed by atoms with E-state index in [-0.39, 0.29) is 0 Å². The molecule has 0 saturated heterocycles. The minimum absolute atomic E-state index is 0.588. The van der Waals surface area contributed by atoms with E-state index < -0.39 is 0 Å². The van der Waals surface area contributed by atoms with Gasteiger partial charge in [0.15, 0.2) is 0 Å². The van der Waals surface area contributed by atoms with E-state index in [1.807, 2.05) is 31.2 Å². The van der Waals surface area contributed by atoms with Crippen molar-refractivity contribution in [2.24, 2.45) is 0 Å². The van der Waals surface area contributed by atoms with Gasteiger partial charge in [0.1, 0.15) is 5.82 Å². The summed E-state index contributed by atoms with van der Waals surface area (Å²) in [6.45, 7) is 2.53. The standard InChI is InChI=1S/C14H13ClN4/c1-9-7-18-19(14(9)16)8-10-4-5-12(15)11-3-2-6-17-13(10)11/h2-7H,8,16H2,1H3. The number of aromatic nitrogens is 3. The van der Waals surface area contributed by atoms with Crippen LogP contribution in [-0.2, 0) is 6.54 Å². The zero-order chi connectivity index (χ0) is 13.4. The van der Waals surface area contributed by atoms with Crippen molar-refractivity contribution in [2.75, 3.05) is 5.73 Å². The molecule has 2 heterocycles. The molecule has 0 radical (unpaired) electrons. The Kier molecular flexibility index (Phi) is 2.87. The van der Waals surface area contributed by atoms with Gasteiger partial charge in [0.05, 0.1) is 18.3 Å². The highest BCUT2D eigenvalue weighted by Crippen LogP contribution is 2.25. The maximum absolute atomic E-state index is 6.18. The van der Waals surface area contributed by atoms with Gasteiger partial charge >= 0.3 is 0 Å². The van der Waals surface area contributed by atoms with Gasteiger partial charge in [-0.1, -0.05) is 17.7 Å².